The predicted octanol–water partition coefficient (Wildman–Crippen LogP) is 0.838. The van der Waals surface area contributed by atoms with Gasteiger partial charge in [-0.2, -0.15) is 0 Å². The zero-order chi connectivity index (χ0) is 22.7. The summed E-state index contributed by atoms with van der Waals surface area (Å²) in [5.41, 5.74) is 4.86. The minimum atomic E-state index is -0.982. The van der Waals surface area contributed by atoms with E-state index in [-0.39, 0.29) is 31.3 Å². The van der Waals surface area contributed by atoms with Crippen molar-refractivity contribution >= 4 is 23.9 Å². The van der Waals surface area contributed by atoms with Crippen LogP contribution in [0.15, 0.2) is 0 Å². The molecule has 0 aromatic heterocycles. The van der Waals surface area contributed by atoms with Crippen LogP contribution >= 0.6 is 0 Å². The number of hydrogen-bond donors (Lipinski definition) is 4. The molecule has 10 heteroatoms. The minimum Gasteiger partial charge on any atom is -0.481 e. The number of nitrogens with two attached hydrogens (primary N) is 1. The lowest BCUT2D eigenvalue weighted by Gasteiger charge is -2.34. The van der Waals surface area contributed by atoms with E-state index in [1.165, 1.54) is 0 Å². The second-order valence-electron chi connectivity index (χ2n) is 8.54. The molecule has 5 N–H and O–H groups in total. The summed E-state index contributed by atoms with van der Waals surface area (Å²) in [6.45, 7) is 6.53. The number of alkyl carbamates (subject to hydrolysis) is 1. The summed E-state index contributed by atoms with van der Waals surface area (Å²) in [4.78, 5) is 49.8. The molecule has 0 aliphatic carbocycles. The number of rotatable bonds is 10. The van der Waals surface area contributed by atoms with E-state index in [0.717, 1.165) is 6.42 Å². The maximum atomic E-state index is 13.1. The van der Waals surface area contributed by atoms with Crippen molar-refractivity contribution in [1.82, 2.24) is 15.5 Å². The lowest BCUT2D eigenvalue weighted by atomic mass is 9.96. The Labute approximate surface area is 177 Å². The van der Waals surface area contributed by atoms with Gasteiger partial charge in [-0.15, -0.1) is 0 Å². The number of aliphatic carboxylic acids is 1. The van der Waals surface area contributed by atoms with Gasteiger partial charge in [0.05, 0.1) is 12.3 Å². The molecule has 1 heterocycles. The molecule has 3 amide bonds. The molecule has 0 spiro atoms. The highest BCUT2D eigenvalue weighted by atomic mass is 16.6. The molecule has 30 heavy (non-hydrogen) atoms. The number of carboxylic acids is 1. The zero-order valence-electron chi connectivity index (χ0n) is 18.2. The Hall–Kier alpha value is -2.36. The van der Waals surface area contributed by atoms with Crippen LogP contribution in [0.5, 0.6) is 0 Å². The molecular formula is C20H36N4O6. The van der Waals surface area contributed by atoms with Crippen molar-refractivity contribution < 1.29 is 29.0 Å². The van der Waals surface area contributed by atoms with E-state index < -0.39 is 29.6 Å². The van der Waals surface area contributed by atoms with Crippen molar-refractivity contribution in [1.29, 1.82) is 0 Å². The summed E-state index contributed by atoms with van der Waals surface area (Å²) in [6, 6.07) is -0.750. The van der Waals surface area contributed by atoms with Crippen LogP contribution in [-0.2, 0) is 19.1 Å². The van der Waals surface area contributed by atoms with E-state index in [4.69, 9.17) is 15.6 Å². The summed E-state index contributed by atoms with van der Waals surface area (Å²) in [6.07, 6.45) is 2.31. The van der Waals surface area contributed by atoms with Crippen LogP contribution in [0.2, 0.25) is 0 Å². The van der Waals surface area contributed by atoms with E-state index in [9.17, 15) is 19.2 Å². The Balaban J connectivity index is 2.72. The first-order valence-electron chi connectivity index (χ1n) is 10.5. The van der Waals surface area contributed by atoms with Crippen LogP contribution in [-0.4, -0.2) is 71.7 Å². The van der Waals surface area contributed by atoms with Gasteiger partial charge in [0.2, 0.25) is 11.8 Å². The van der Waals surface area contributed by atoms with Gasteiger partial charge >= 0.3 is 12.1 Å². The molecule has 1 unspecified atom stereocenters. The van der Waals surface area contributed by atoms with E-state index in [1.807, 2.05) is 0 Å². The number of amides is 3. The summed E-state index contributed by atoms with van der Waals surface area (Å²) in [7, 11) is 0. The van der Waals surface area contributed by atoms with Crippen molar-refractivity contribution in [2.75, 3.05) is 26.2 Å². The Morgan fingerprint density at radius 2 is 1.93 bits per heavy atom. The van der Waals surface area contributed by atoms with Gasteiger partial charge in [0.1, 0.15) is 11.6 Å². The fraction of sp³-hybridized carbons (Fsp3) is 0.800. The number of unbranched alkanes of at least 4 members (excludes halogenated alkanes) is 1. The van der Waals surface area contributed by atoms with Gasteiger partial charge in [0, 0.05) is 19.6 Å². The molecule has 0 aromatic carbocycles. The molecule has 2 atom stereocenters. The summed E-state index contributed by atoms with van der Waals surface area (Å²) >= 11 is 0. The minimum absolute atomic E-state index is 0.0561. The molecule has 1 saturated heterocycles. The quantitative estimate of drug-likeness (QED) is 0.376. The van der Waals surface area contributed by atoms with Crippen LogP contribution in [0, 0.1) is 5.92 Å². The maximum Gasteiger partial charge on any atom is 0.408 e. The maximum absolute atomic E-state index is 13.1. The monoisotopic (exact) mass is 428 g/mol. The third-order valence-electron chi connectivity index (χ3n) is 4.68. The Bertz CT molecular complexity index is 605. The summed E-state index contributed by atoms with van der Waals surface area (Å²) in [5, 5.41) is 14.0. The number of carboxylic acid groups (broad SMARTS) is 1. The summed E-state index contributed by atoms with van der Waals surface area (Å²) < 4.78 is 5.28. The second-order valence-corrected chi connectivity index (χ2v) is 8.54. The topological polar surface area (TPSA) is 151 Å². The van der Waals surface area contributed by atoms with Gasteiger partial charge in [-0.1, -0.05) is 0 Å². The lowest BCUT2D eigenvalue weighted by molar-refractivity contribution is -0.137. The Kier molecular flexibility index (Phi) is 10.6. The molecule has 172 valence electrons. The molecule has 1 aliphatic rings. The van der Waals surface area contributed by atoms with Crippen LogP contribution in [0.25, 0.3) is 0 Å². The molecule has 0 radical (unpaired) electrons. The average Bonchev–Trinajstić information content (AvgIpc) is 2.65. The van der Waals surface area contributed by atoms with Crippen molar-refractivity contribution in [3.8, 4) is 0 Å². The predicted molar refractivity (Wildman–Crippen MR) is 111 cm³/mol. The molecule has 1 rings (SSSR count). The van der Waals surface area contributed by atoms with E-state index in [2.05, 4.69) is 10.6 Å². The standard InChI is InChI=1S/C20H36N4O6/c1-20(2,3)30-19(29)23-15(8-4-5-10-21)18(28)24-12-6-7-14(13-24)17(27)22-11-9-16(25)26/h14-15H,4-13,21H2,1-3H3,(H,22,27)(H,23,29)(H,25,26)/t14?,15-/m0/s1. The molecule has 0 saturated carbocycles. The van der Waals surface area contributed by atoms with Crippen LogP contribution in [0.1, 0.15) is 59.3 Å². The number of nitrogens with zero attached hydrogens (tertiary/aromatic N) is 1. The average molecular weight is 429 g/mol. The molecule has 0 bridgehead atoms. The molecule has 0 aromatic rings. The normalized spacial score (nSPS) is 17.7. The molecular weight excluding hydrogens is 392 g/mol. The van der Waals surface area contributed by atoms with Crippen LogP contribution in [0.4, 0.5) is 4.79 Å². The Morgan fingerprint density at radius 3 is 2.53 bits per heavy atom. The van der Waals surface area contributed by atoms with Gasteiger partial charge in [-0.25, -0.2) is 4.79 Å². The van der Waals surface area contributed by atoms with Gasteiger partial charge < -0.3 is 31.1 Å². The van der Waals surface area contributed by atoms with Gasteiger partial charge in [-0.05, 0) is 59.4 Å². The largest absolute Gasteiger partial charge is 0.481 e. The smallest absolute Gasteiger partial charge is 0.408 e. The first-order valence-corrected chi connectivity index (χ1v) is 10.5. The van der Waals surface area contributed by atoms with Crippen molar-refractivity contribution in [2.24, 2.45) is 11.7 Å². The van der Waals surface area contributed by atoms with Crippen molar-refractivity contribution in [3.05, 3.63) is 0 Å². The van der Waals surface area contributed by atoms with E-state index >= 15 is 0 Å². The second kappa shape index (κ2) is 12.4. The fourth-order valence-electron chi connectivity index (χ4n) is 3.25. The Morgan fingerprint density at radius 1 is 1.23 bits per heavy atom. The first-order chi connectivity index (χ1) is 14.0. The number of ether oxygens (including phenoxy) is 1. The number of carbonyl (C=O) groups is 4. The van der Waals surface area contributed by atoms with Crippen molar-refractivity contribution in [2.45, 2.75) is 70.9 Å². The third-order valence-corrected chi connectivity index (χ3v) is 4.68. The molecule has 10 nitrogen and oxygen atoms in total. The highest BCUT2D eigenvalue weighted by Crippen LogP contribution is 2.19. The SMILES string of the molecule is CC(C)(C)OC(=O)N[C@@H](CCCCN)C(=O)N1CCCC(C(=O)NCCC(=O)O)C1. The number of piperidine rings is 1. The number of likely N-dealkylation sites (tertiary alicyclic amines) is 1. The number of hydrogen-bond acceptors (Lipinski definition) is 6. The molecule has 1 aliphatic heterocycles. The zero-order valence-corrected chi connectivity index (χ0v) is 18.2. The van der Waals surface area contributed by atoms with Crippen LogP contribution in [0.3, 0.4) is 0 Å². The van der Waals surface area contributed by atoms with Crippen molar-refractivity contribution in [3.63, 3.8) is 0 Å². The highest BCUT2D eigenvalue weighted by Gasteiger charge is 2.33. The van der Waals surface area contributed by atoms with Gasteiger partial charge in [0.25, 0.3) is 0 Å². The van der Waals surface area contributed by atoms with E-state index in [1.54, 1.807) is 25.7 Å². The lowest BCUT2D eigenvalue weighted by Crippen LogP contribution is -2.53. The third kappa shape index (κ3) is 9.91. The van der Waals surface area contributed by atoms with Gasteiger partial charge in [-0.3, -0.25) is 14.4 Å². The fourth-order valence-corrected chi connectivity index (χ4v) is 3.25. The number of nitrogens with one attached hydrogen (secondary N) is 2. The summed E-state index contributed by atoms with van der Waals surface area (Å²) in [5.74, 6) is -1.89. The molecule has 1 fully saturated rings. The van der Waals surface area contributed by atoms with E-state index in [0.29, 0.717) is 38.8 Å². The van der Waals surface area contributed by atoms with Gasteiger partial charge in [0.15, 0.2) is 0 Å². The number of carbonyl (C=O) groups excluding carboxylic acids is 3. The highest BCUT2D eigenvalue weighted by molar-refractivity contribution is 5.87. The van der Waals surface area contributed by atoms with Crippen LogP contribution < -0.4 is 16.4 Å². The first kappa shape index (κ1) is 25.7.